The van der Waals surface area contributed by atoms with E-state index >= 15 is 0 Å². The predicted molar refractivity (Wildman–Crippen MR) is 133 cm³/mol. The van der Waals surface area contributed by atoms with Crippen LogP contribution in [0.5, 0.6) is 0 Å². The molecule has 0 saturated heterocycles. The minimum absolute atomic E-state index is 0.0731. The topological polar surface area (TPSA) is 135 Å². The molecule has 4 rings (SSSR count). The number of carboxylic acids is 1. The molecule has 9 heteroatoms. The first kappa shape index (κ1) is 24.1. The van der Waals surface area contributed by atoms with E-state index in [9.17, 15) is 13.2 Å². The number of carboxylic acid groups (broad SMARTS) is 1. The number of nitrogens with two attached hydrogens (primary N) is 1. The highest BCUT2D eigenvalue weighted by Crippen LogP contribution is 2.33. The number of hydrogen-bond acceptors (Lipinski definition) is 7. The van der Waals surface area contributed by atoms with Crippen LogP contribution in [0.25, 0.3) is 11.1 Å². The van der Waals surface area contributed by atoms with Gasteiger partial charge in [0, 0.05) is 12.6 Å². The highest BCUT2D eigenvalue weighted by Gasteiger charge is 2.45. The van der Waals surface area contributed by atoms with Crippen molar-refractivity contribution in [3.05, 3.63) is 108 Å². The number of anilines is 1. The van der Waals surface area contributed by atoms with Crippen LogP contribution in [-0.4, -0.2) is 36.0 Å². The molecule has 1 unspecified atom stereocenters. The van der Waals surface area contributed by atoms with Gasteiger partial charge in [-0.2, -0.15) is 0 Å². The number of pyridine rings is 2. The molecule has 0 saturated carbocycles. The molecule has 1 atom stereocenters. The van der Waals surface area contributed by atoms with E-state index < -0.39 is 20.7 Å². The summed E-state index contributed by atoms with van der Waals surface area (Å²) >= 11 is 0. The number of nitrogens with one attached hydrogen (secondary N) is 1. The molecule has 4 aromatic rings. The standard InChI is InChI=1S/C26H24N4O4S/c27-26(35(33,34)24-11-4-5-16-28-24,22-9-6-10-23(30-22)29-18-25(31)32)17-19-12-14-21(15-13-19)20-7-2-1-3-8-20/h1-16H,17-18,27H2,(H,29,30)(H,31,32). The van der Waals surface area contributed by atoms with Crippen LogP contribution in [0, 0.1) is 0 Å². The van der Waals surface area contributed by atoms with Crippen molar-refractivity contribution in [2.75, 3.05) is 11.9 Å². The second kappa shape index (κ2) is 10.0. The molecule has 0 bridgehead atoms. The molecule has 0 spiro atoms. The van der Waals surface area contributed by atoms with Gasteiger partial charge < -0.3 is 16.2 Å². The first-order valence-corrected chi connectivity index (χ1v) is 12.3. The Morgan fingerprint density at radius 1 is 0.886 bits per heavy atom. The van der Waals surface area contributed by atoms with Gasteiger partial charge in [0.25, 0.3) is 0 Å². The fraction of sp³-hybridized carbons (Fsp3) is 0.115. The van der Waals surface area contributed by atoms with Gasteiger partial charge in [0.1, 0.15) is 12.4 Å². The number of hydrogen-bond donors (Lipinski definition) is 3. The Labute approximate surface area is 203 Å². The summed E-state index contributed by atoms with van der Waals surface area (Å²) in [4.78, 5) is 17.4. The SMILES string of the molecule is NC(Cc1ccc(-c2ccccc2)cc1)(c1cccc(NCC(=O)O)n1)S(=O)(=O)c1ccccn1. The maximum absolute atomic E-state index is 13.8. The maximum Gasteiger partial charge on any atom is 0.322 e. The summed E-state index contributed by atoms with van der Waals surface area (Å²) in [5.41, 5.74) is 9.50. The predicted octanol–water partition coefficient (Wildman–Crippen LogP) is 3.47. The Hall–Kier alpha value is -4.08. The van der Waals surface area contributed by atoms with E-state index in [0.717, 1.165) is 11.1 Å². The van der Waals surface area contributed by atoms with Crippen molar-refractivity contribution >= 4 is 21.6 Å². The van der Waals surface area contributed by atoms with Gasteiger partial charge in [0.15, 0.2) is 9.90 Å². The normalized spacial score (nSPS) is 13.1. The minimum Gasteiger partial charge on any atom is -0.480 e. The second-order valence-electron chi connectivity index (χ2n) is 7.96. The molecule has 178 valence electrons. The molecule has 35 heavy (non-hydrogen) atoms. The molecule has 2 aromatic heterocycles. The lowest BCUT2D eigenvalue weighted by Crippen LogP contribution is -2.47. The summed E-state index contributed by atoms with van der Waals surface area (Å²) < 4.78 is 27.6. The molecule has 8 nitrogen and oxygen atoms in total. The summed E-state index contributed by atoms with van der Waals surface area (Å²) in [7, 11) is -4.20. The van der Waals surface area contributed by atoms with E-state index in [2.05, 4.69) is 15.3 Å². The van der Waals surface area contributed by atoms with Gasteiger partial charge in [-0.1, -0.05) is 66.7 Å². The lowest BCUT2D eigenvalue weighted by molar-refractivity contribution is -0.134. The number of benzene rings is 2. The molecular formula is C26H24N4O4S. The fourth-order valence-electron chi connectivity index (χ4n) is 3.70. The van der Waals surface area contributed by atoms with E-state index in [-0.39, 0.29) is 29.5 Å². The van der Waals surface area contributed by atoms with Crippen LogP contribution in [0.15, 0.2) is 102 Å². The summed E-state index contributed by atoms with van der Waals surface area (Å²) in [6.45, 7) is -0.373. The van der Waals surface area contributed by atoms with Crippen molar-refractivity contribution in [2.24, 2.45) is 5.73 Å². The molecule has 0 amide bonds. The van der Waals surface area contributed by atoms with E-state index in [0.29, 0.717) is 5.56 Å². The van der Waals surface area contributed by atoms with Gasteiger partial charge in [-0.3, -0.25) is 4.79 Å². The first-order chi connectivity index (χ1) is 16.8. The third-order valence-corrected chi connectivity index (χ3v) is 7.63. The van der Waals surface area contributed by atoms with Crippen molar-refractivity contribution in [1.29, 1.82) is 0 Å². The van der Waals surface area contributed by atoms with E-state index in [1.807, 2.05) is 54.6 Å². The summed E-state index contributed by atoms with van der Waals surface area (Å²) in [5, 5.41) is 11.5. The molecule has 0 aliphatic carbocycles. The van der Waals surface area contributed by atoms with E-state index in [1.165, 1.54) is 18.3 Å². The Balaban J connectivity index is 1.75. The van der Waals surface area contributed by atoms with Crippen LogP contribution in [0.1, 0.15) is 11.3 Å². The molecule has 0 fully saturated rings. The van der Waals surface area contributed by atoms with Gasteiger partial charge in [-0.05, 0) is 41.0 Å². The van der Waals surface area contributed by atoms with Crippen LogP contribution in [-0.2, 0) is 25.9 Å². The lowest BCUT2D eigenvalue weighted by atomic mass is 9.99. The van der Waals surface area contributed by atoms with Crippen molar-refractivity contribution in [3.8, 4) is 11.1 Å². The summed E-state index contributed by atoms with van der Waals surface area (Å²) in [5.74, 6) is -0.869. The zero-order chi connectivity index (χ0) is 24.9. The van der Waals surface area contributed by atoms with Crippen LogP contribution in [0.3, 0.4) is 0 Å². The number of sulfone groups is 1. The quantitative estimate of drug-likeness (QED) is 0.326. The lowest BCUT2D eigenvalue weighted by Gasteiger charge is -2.29. The fourth-order valence-corrected chi connectivity index (χ4v) is 5.28. The van der Waals surface area contributed by atoms with E-state index in [4.69, 9.17) is 10.8 Å². The molecule has 2 heterocycles. The Morgan fingerprint density at radius 2 is 1.57 bits per heavy atom. The van der Waals surface area contributed by atoms with Gasteiger partial charge in [-0.15, -0.1) is 0 Å². The van der Waals surface area contributed by atoms with Crippen LogP contribution in [0.4, 0.5) is 5.82 Å². The Kier molecular flexibility index (Phi) is 6.90. The van der Waals surface area contributed by atoms with Crippen LogP contribution < -0.4 is 11.1 Å². The molecule has 0 aliphatic heterocycles. The third kappa shape index (κ3) is 5.21. The Morgan fingerprint density at radius 3 is 2.23 bits per heavy atom. The second-order valence-corrected chi connectivity index (χ2v) is 10.1. The van der Waals surface area contributed by atoms with Gasteiger partial charge in [0.05, 0.1) is 5.69 Å². The largest absolute Gasteiger partial charge is 0.480 e. The molecule has 4 N–H and O–H groups in total. The van der Waals surface area contributed by atoms with Crippen LogP contribution in [0.2, 0.25) is 0 Å². The molecular weight excluding hydrogens is 464 g/mol. The summed E-state index contributed by atoms with van der Waals surface area (Å²) in [6, 6.07) is 26.6. The summed E-state index contributed by atoms with van der Waals surface area (Å²) in [6.07, 6.45) is 1.32. The number of aromatic nitrogens is 2. The average Bonchev–Trinajstić information content (AvgIpc) is 2.89. The van der Waals surface area contributed by atoms with Crippen molar-refractivity contribution in [3.63, 3.8) is 0 Å². The highest BCUT2D eigenvalue weighted by molar-refractivity contribution is 7.92. The zero-order valence-electron chi connectivity index (χ0n) is 18.7. The highest BCUT2D eigenvalue weighted by atomic mass is 32.2. The molecule has 0 radical (unpaired) electrons. The van der Waals surface area contributed by atoms with Crippen LogP contribution >= 0.6 is 0 Å². The minimum atomic E-state index is -4.20. The van der Waals surface area contributed by atoms with Gasteiger partial charge in [-0.25, -0.2) is 18.4 Å². The zero-order valence-corrected chi connectivity index (χ0v) is 19.5. The number of aliphatic carboxylic acids is 1. The van der Waals surface area contributed by atoms with Gasteiger partial charge >= 0.3 is 5.97 Å². The molecule has 2 aromatic carbocycles. The van der Waals surface area contributed by atoms with Crippen molar-refractivity contribution in [2.45, 2.75) is 16.3 Å². The van der Waals surface area contributed by atoms with Crippen molar-refractivity contribution in [1.82, 2.24) is 9.97 Å². The smallest absolute Gasteiger partial charge is 0.322 e. The monoisotopic (exact) mass is 488 g/mol. The molecule has 0 aliphatic rings. The number of rotatable bonds is 9. The number of nitrogens with zero attached hydrogens (tertiary/aromatic N) is 2. The van der Waals surface area contributed by atoms with Crippen molar-refractivity contribution < 1.29 is 18.3 Å². The maximum atomic E-state index is 13.8. The van der Waals surface area contributed by atoms with E-state index in [1.54, 1.807) is 24.3 Å². The Bertz CT molecular complexity index is 1410. The first-order valence-electron chi connectivity index (χ1n) is 10.8. The number of carbonyl (C=O) groups is 1. The third-order valence-electron chi connectivity index (χ3n) is 5.52. The average molecular weight is 489 g/mol. The van der Waals surface area contributed by atoms with Gasteiger partial charge in [0.2, 0.25) is 9.84 Å².